The Morgan fingerprint density at radius 1 is 1.38 bits per heavy atom. The molecule has 1 aromatic heterocycles. The van der Waals surface area contributed by atoms with Crippen LogP contribution < -0.4 is 10.9 Å². The van der Waals surface area contributed by atoms with E-state index in [4.69, 9.17) is 11.6 Å². The summed E-state index contributed by atoms with van der Waals surface area (Å²) in [4.78, 5) is 28.6. The van der Waals surface area contributed by atoms with Crippen LogP contribution in [0.15, 0.2) is 34.2 Å². The number of nitrogens with zero attached hydrogens (tertiary/aromatic N) is 1. The number of rotatable bonds is 4. The van der Waals surface area contributed by atoms with Gasteiger partial charge in [0.25, 0.3) is 5.56 Å². The molecule has 1 amide bonds. The Morgan fingerprint density at radius 3 is 2.71 bits per heavy atom. The summed E-state index contributed by atoms with van der Waals surface area (Å²) in [5.41, 5.74) is -0.960. The maximum atomic E-state index is 12.6. The highest BCUT2D eigenvalue weighted by atomic mass is 35.5. The molecule has 24 heavy (non-hydrogen) atoms. The quantitative estimate of drug-likeness (QED) is 0.632. The lowest BCUT2D eigenvalue weighted by molar-refractivity contribution is -0.141. The number of carbonyl (C=O) groups is 1. The van der Waals surface area contributed by atoms with E-state index in [1.54, 1.807) is 25.1 Å². The Balaban J connectivity index is 2.04. The lowest BCUT2D eigenvalue weighted by Crippen LogP contribution is -2.18. The SMILES string of the molecule is Cc1cc(Cl)ccc1NC(=O)CSc1nc(C(F)(F)F)cc(=O)[nH]1. The molecule has 0 unspecified atom stereocenters. The number of hydrogen-bond acceptors (Lipinski definition) is 4. The zero-order chi connectivity index (χ0) is 17.9. The zero-order valence-electron chi connectivity index (χ0n) is 12.2. The molecule has 0 saturated heterocycles. The number of anilines is 1. The zero-order valence-corrected chi connectivity index (χ0v) is 13.8. The molecule has 0 fully saturated rings. The van der Waals surface area contributed by atoms with Crippen LogP contribution in [0.1, 0.15) is 11.3 Å². The van der Waals surface area contributed by atoms with Crippen LogP contribution in [0.2, 0.25) is 5.02 Å². The smallest absolute Gasteiger partial charge is 0.325 e. The van der Waals surface area contributed by atoms with E-state index in [2.05, 4.69) is 15.3 Å². The number of amides is 1. The summed E-state index contributed by atoms with van der Waals surface area (Å²) in [7, 11) is 0. The van der Waals surface area contributed by atoms with Gasteiger partial charge in [-0.25, -0.2) is 4.98 Å². The van der Waals surface area contributed by atoms with Crippen molar-refractivity contribution in [2.24, 2.45) is 0 Å². The van der Waals surface area contributed by atoms with E-state index < -0.39 is 23.3 Å². The Morgan fingerprint density at radius 2 is 2.08 bits per heavy atom. The molecular weight excluding hydrogens is 367 g/mol. The number of halogens is 4. The summed E-state index contributed by atoms with van der Waals surface area (Å²) < 4.78 is 37.8. The molecule has 2 rings (SSSR count). The highest BCUT2D eigenvalue weighted by molar-refractivity contribution is 7.99. The van der Waals surface area contributed by atoms with Crippen LogP contribution in [-0.4, -0.2) is 21.6 Å². The first-order valence-electron chi connectivity index (χ1n) is 6.52. The number of hydrogen-bond donors (Lipinski definition) is 2. The number of aromatic amines is 1. The number of carbonyl (C=O) groups excluding carboxylic acids is 1. The standard InChI is InChI=1S/C14H11ClF3N3O2S/c1-7-4-8(15)2-3-9(7)19-12(23)6-24-13-20-10(14(16,17)18)5-11(22)21-13/h2-5H,6H2,1H3,(H,19,23)(H,20,21,22). The largest absolute Gasteiger partial charge is 0.433 e. The van der Waals surface area contributed by atoms with Gasteiger partial charge < -0.3 is 10.3 Å². The molecule has 0 bridgehead atoms. The fourth-order valence-corrected chi connectivity index (χ4v) is 2.64. The normalized spacial score (nSPS) is 11.4. The lowest BCUT2D eigenvalue weighted by Gasteiger charge is -2.09. The van der Waals surface area contributed by atoms with Gasteiger partial charge in [-0.05, 0) is 30.7 Å². The highest BCUT2D eigenvalue weighted by Crippen LogP contribution is 2.27. The number of aromatic nitrogens is 2. The van der Waals surface area contributed by atoms with Crippen molar-refractivity contribution >= 4 is 35.0 Å². The molecule has 2 aromatic rings. The van der Waals surface area contributed by atoms with Crippen molar-refractivity contribution in [1.29, 1.82) is 0 Å². The van der Waals surface area contributed by atoms with Gasteiger partial charge in [-0.15, -0.1) is 0 Å². The van der Waals surface area contributed by atoms with Crippen LogP contribution in [0, 0.1) is 6.92 Å². The van der Waals surface area contributed by atoms with E-state index in [0.29, 0.717) is 28.5 Å². The van der Waals surface area contributed by atoms with E-state index in [9.17, 15) is 22.8 Å². The number of thioether (sulfide) groups is 1. The number of benzene rings is 1. The molecule has 0 aliphatic rings. The fraction of sp³-hybridized carbons (Fsp3) is 0.214. The van der Waals surface area contributed by atoms with Gasteiger partial charge in [0.1, 0.15) is 0 Å². The first kappa shape index (κ1) is 18.3. The van der Waals surface area contributed by atoms with Gasteiger partial charge >= 0.3 is 6.18 Å². The van der Waals surface area contributed by atoms with Crippen molar-refractivity contribution in [3.05, 3.63) is 50.9 Å². The molecule has 0 atom stereocenters. The van der Waals surface area contributed by atoms with Crippen LogP contribution in [0.5, 0.6) is 0 Å². The van der Waals surface area contributed by atoms with Crippen LogP contribution in [0.25, 0.3) is 0 Å². The Bertz CT molecular complexity index is 824. The molecule has 0 aliphatic heterocycles. The summed E-state index contributed by atoms with van der Waals surface area (Å²) >= 11 is 6.51. The van der Waals surface area contributed by atoms with Gasteiger partial charge in [0, 0.05) is 16.8 Å². The minimum Gasteiger partial charge on any atom is -0.325 e. The van der Waals surface area contributed by atoms with Crippen molar-refractivity contribution in [3.8, 4) is 0 Å². The Hall–Kier alpha value is -2.00. The van der Waals surface area contributed by atoms with Crippen molar-refractivity contribution in [1.82, 2.24) is 9.97 Å². The first-order chi connectivity index (χ1) is 11.1. The second-order valence-corrected chi connectivity index (χ2v) is 6.13. The minimum absolute atomic E-state index is 0.216. The van der Waals surface area contributed by atoms with E-state index in [1.807, 2.05) is 0 Å². The molecule has 2 N–H and O–H groups in total. The maximum absolute atomic E-state index is 12.6. The Kier molecular flexibility index (Phi) is 5.55. The molecule has 10 heteroatoms. The van der Waals surface area contributed by atoms with Crippen molar-refractivity contribution < 1.29 is 18.0 Å². The summed E-state index contributed by atoms with van der Waals surface area (Å²) in [6.45, 7) is 1.75. The number of H-pyrrole nitrogens is 1. The average Bonchev–Trinajstić information content (AvgIpc) is 2.47. The van der Waals surface area contributed by atoms with Crippen LogP contribution >= 0.6 is 23.4 Å². The predicted octanol–water partition coefficient (Wildman–Crippen LogP) is 3.48. The fourth-order valence-electron chi connectivity index (χ4n) is 1.74. The molecule has 1 heterocycles. The van der Waals surface area contributed by atoms with Gasteiger partial charge in [-0.3, -0.25) is 9.59 Å². The third-order valence-corrected chi connectivity index (χ3v) is 3.92. The van der Waals surface area contributed by atoms with Crippen LogP contribution in [0.3, 0.4) is 0 Å². The van der Waals surface area contributed by atoms with Gasteiger partial charge in [-0.2, -0.15) is 13.2 Å². The van der Waals surface area contributed by atoms with Crippen LogP contribution in [-0.2, 0) is 11.0 Å². The van der Waals surface area contributed by atoms with E-state index in [1.165, 1.54) is 0 Å². The van der Waals surface area contributed by atoms with Gasteiger partial charge in [-0.1, -0.05) is 23.4 Å². The van der Waals surface area contributed by atoms with Gasteiger partial charge in [0.05, 0.1) is 5.75 Å². The topological polar surface area (TPSA) is 74.8 Å². The predicted molar refractivity (Wildman–Crippen MR) is 85.4 cm³/mol. The second-order valence-electron chi connectivity index (χ2n) is 4.73. The molecule has 128 valence electrons. The highest BCUT2D eigenvalue weighted by Gasteiger charge is 2.33. The van der Waals surface area contributed by atoms with E-state index >= 15 is 0 Å². The summed E-state index contributed by atoms with van der Waals surface area (Å²) in [5.74, 6) is -0.669. The van der Waals surface area contributed by atoms with Gasteiger partial charge in [0.15, 0.2) is 10.9 Å². The number of aryl methyl sites for hydroxylation is 1. The monoisotopic (exact) mass is 377 g/mol. The lowest BCUT2D eigenvalue weighted by atomic mass is 10.2. The molecule has 5 nitrogen and oxygen atoms in total. The van der Waals surface area contributed by atoms with E-state index in [0.717, 1.165) is 5.56 Å². The number of alkyl halides is 3. The Labute approximate surface area is 143 Å². The molecule has 1 aromatic carbocycles. The second kappa shape index (κ2) is 7.27. The van der Waals surface area contributed by atoms with Gasteiger partial charge in [0.2, 0.25) is 5.91 Å². The number of nitrogens with one attached hydrogen (secondary N) is 2. The summed E-state index contributed by atoms with van der Waals surface area (Å²) in [5, 5.41) is 2.85. The van der Waals surface area contributed by atoms with Crippen molar-refractivity contribution in [2.45, 2.75) is 18.3 Å². The van der Waals surface area contributed by atoms with Crippen molar-refractivity contribution in [3.63, 3.8) is 0 Å². The third-order valence-electron chi connectivity index (χ3n) is 2.81. The first-order valence-corrected chi connectivity index (χ1v) is 7.89. The minimum atomic E-state index is -4.73. The molecule has 0 radical (unpaired) electrons. The third kappa shape index (κ3) is 5.00. The van der Waals surface area contributed by atoms with Crippen molar-refractivity contribution in [2.75, 3.05) is 11.1 Å². The average molecular weight is 378 g/mol. The van der Waals surface area contributed by atoms with E-state index in [-0.39, 0.29) is 10.9 Å². The maximum Gasteiger partial charge on any atom is 0.433 e. The van der Waals surface area contributed by atoms with Crippen LogP contribution in [0.4, 0.5) is 18.9 Å². The molecular formula is C14H11ClF3N3O2S. The molecule has 0 spiro atoms. The molecule has 0 aliphatic carbocycles. The summed E-state index contributed by atoms with van der Waals surface area (Å²) in [6.07, 6.45) is -4.73. The molecule has 0 saturated carbocycles. The summed E-state index contributed by atoms with van der Waals surface area (Å²) in [6, 6.07) is 5.24.